The number of nitrogens with zero attached hydrogens (tertiary/aromatic N) is 2. The van der Waals surface area contributed by atoms with E-state index in [1.807, 2.05) is 0 Å². The van der Waals surface area contributed by atoms with E-state index in [0.29, 0.717) is 29.3 Å². The maximum absolute atomic E-state index is 12.8. The highest BCUT2D eigenvalue weighted by molar-refractivity contribution is 7.90. The molecule has 144 valence electrons. The van der Waals surface area contributed by atoms with Crippen LogP contribution in [0.25, 0.3) is 11.0 Å². The van der Waals surface area contributed by atoms with Gasteiger partial charge < -0.3 is 10.5 Å². The molecule has 0 aliphatic heterocycles. The molecule has 0 radical (unpaired) electrons. The largest absolute Gasteiger partial charge is 0.468 e. The van der Waals surface area contributed by atoms with E-state index in [0.717, 1.165) is 5.56 Å². The molecule has 1 atom stereocenters. The van der Waals surface area contributed by atoms with Crippen molar-refractivity contribution in [1.82, 2.24) is 8.96 Å². The minimum atomic E-state index is -3.47. The number of aromatic nitrogens is 2. The average Bonchev–Trinajstić information content (AvgIpc) is 2.87. The van der Waals surface area contributed by atoms with Gasteiger partial charge in [-0.3, -0.25) is 4.79 Å². The van der Waals surface area contributed by atoms with Gasteiger partial charge in [-0.2, -0.15) is 0 Å². The third-order valence-electron chi connectivity index (χ3n) is 4.18. The molecule has 0 saturated carbocycles. The summed E-state index contributed by atoms with van der Waals surface area (Å²) >= 11 is 0. The highest BCUT2D eigenvalue weighted by atomic mass is 32.2. The van der Waals surface area contributed by atoms with Gasteiger partial charge >= 0.3 is 5.97 Å². The van der Waals surface area contributed by atoms with Crippen molar-refractivity contribution in [3.8, 4) is 0 Å². The van der Waals surface area contributed by atoms with E-state index in [9.17, 15) is 13.2 Å². The number of benzene rings is 1. The van der Waals surface area contributed by atoms with Gasteiger partial charge in [0.1, 0.15) is 11.9 Å². The number of nitrogens with two attached hydrogens (primary N) is 1. The predicted molar refractivity (Wildman–Crippen MR) is 106 cm³/mol. The van der Waals surface area contributed by atoms with Crippen molar-refractivity contribution in [2.75, 3.05) is 12.9 Å². The van der Waals surface area contributed by atoms with E-state index in [1.54, 1.807) is 25.1 Å². The normalized spacial score (nSPS) is 13.8. The van der Waals surface area contributed by atoms with Gasteiger partial charge in [0.05, 0.1) is 23.9 Å². The lowest BCUT2D eigenvalue weighted by atomic mass is 10.1. The van der Waals surface area contributed by atoms with E-state index in [-0.39, 0.29) is 5.75 Å². The van der Waals surface area contributed by atoms with Crippen molar-refractivity contribution >= 4 is 35.1 Å². The van der Waals surface area contributed by atoms with Crippen LogP contribution in [0.4, 0.5) is 0 Å². The number of methoxy groups -OCH3 is 1. The van der Waals surface area contributed by atoms with E-state index in [1.165, 1.54) is 11.1 Å². The minimum absolute atomic E-state index is 0.115. The molecule has 0 unspecified atom stereocenters. The Hall–Kier alpha value is -1.71. The van der Waals surface area contributed by atoms with Crippen LogP contribution < -0.4 is 5.73 Å². The van der Waals surface area contributed by atoms with Gasteiger partial charge in [0.2, 0.25) is 10.0 Å². The van der Waals surface area contributed by atoms with Crippen molar-refractivity contribution in [2.24, 2.45) is 5.73 Å². The second-order valence-electron chi connectivity index (χ2n) is 7.71. The number of esters is 1. The molecule has 0 amide bonds. The molecule has 2 N–H and O–H groups in total. The lowest BCUT2D eigenvalue weighted by molar-refractivity contribution is -0.142. The molecule has 7 nitrogen and oxygen atoms in total. The van der Waals surface area contributed by atoms with Crippen LogP contribution >= 0.6 is 0 Å². The maximum atomic E-state index is 12.8. The van der Waals surface area contributed by atoms with Crippen molar-refractivity contribution in [1.29, 1.82) is 0 Å². The van der Waals surface area contributed by atoms with Crippen LogP contribution in [0.2, 0.25) is 25.7 Å². The number of carbonyl (C=O) groups excluding carboxylic acids is 1. The summed E-state index contributed by atoms with van der Waals surface area (Å²) in [5, 5.41) is 0. The molecule has 0 bridgehead atoms. The third kappa shape index (κ3) is 4.71. The number of imidazole rings is 1. The van der Waals surface area contributed by atoms with Gasteiger partial charge in [0, 0.05) is 8.07 Å². The molecule has 9 heteroatoms. The number of hydrogen-bond donors (Lipinski definition) is 1. The average molecular weight is 398 g/mol. The van der Waals surface area contributed by atoms with Gasteiger partial charge in [-0.15, -0.1) is 0 Å². The Labute approximate surface area is 155 Å². The molecule has 0 spiro atoms. The summed E-state index contributed by atoms with van der Waals surface area (Å²) in [5.41, 5.74) is 7.73. The smallest absolute Gasteiger partial charge is 0.322 e. The van der Waals surface area contributed by atoms with Crippen LogP contribution in [-0.4, -0.2) is 50.3 Å². The Morgan fingerprint density at radius 2 is 2.00 bits per heavy atom. The number of hydrogen-bond acceptors (Lipinski definition) is 6. The molecular formula is C17H27N3O4SSi. The van der Waals surface area contributed by atoms with Crippen LogP contribution in [-0.2, 0) is 26.0 Å². The predicted octanol–water partition coefficient (Wildman–Crippen LogP) is 1.90. The number of carbonyl (C=O) groups is 1. The molecule has 1 heterocycles. The fourth-order valence-corrected chi connectivity index (χ4v) is 7.28. The molecule has 26 heavy (non-hydrogen) atoms. The number of rotatable bonds is 7. The van der Waals surface area contributed by atoms with E-state index >= 15 is 0 Å². The Kier molecular flexibility index (Phi) is 5.94. The molecule has 0 saturated heterocycles. The van der Waals surface area contributed by atoms with Crippen molar-refractivity contribution in [3.05, 3.63) is 29.6 Å². The quantitative estimate of drug-likeness (QED) is 0.565. The number of fused-ring (bicyclic) bond motifs is 1. The lowest BCUT2D eigenvalue weighted by Crippen LogP contribution is -2.33. The van der Waals surface area contributed by atoms with Gasteiger partial charge in [-0.25, -0.2) is 17.4 Å². The summed E-state index contributed by atoms with van der Waals surface area (Å²) in [6.45, 7) is 8.14. The van der Waals surface area contributed by atoms with Crippen molar-refractivity contribution < 1.29 is 17.9 Å². The van der Waals surface area contributed by atoms with Crippen LogP contribution in [0, 0.1) is 6.92 Å². The van der Waals surface area contributed by atoms with E-state index in [4.69, 9.17) is 5.73 Å². The lowest BCUT2D eigenvalue weighted by Gasteiger charge is -2.16. The minimum Gasteiger partial charge on any atom is -0.468 e. The van der Waals surface area contributed by atoms with Gasteiger partial charge in [0.15, 0.2) is 0 Å². The molecule has 0 aliphatic rings. The number of ether oxygens (including phenoxy) is 1. The Balaban J connectivity index is 2.36. The second kappa shape index (κ2) is 7.49. The molecule has 1 aromatic heterocycles. The maximum Gasteiger partial charge on any atom is 0.322 e. The first-order valence-corrected chi connectivity index (χ1v) is 13.8. The topological polar surface area (TPSA) is 104 Å². The highest BCUT2D eigenvalue weighted by Gasteiger charge is 2.24. The Bertz CT molecular complexity index is 916. The van der Waals surface area contributed by atoms with Crippen molar-refractivity contribution in [3.63, 3.8) is 0 Å². The summed E-state index contributed by atoms with van der Waals surface area (Å²) in [6, 6.07) is 5.20. The summed E-state index contributed by atoms with van der Waals surface area (Å²) in [5.74, 6) is 0.0648. The van der Waals surface area contributed by atoms with Crippen LogP contribution in [0.1, 0.15) is 11.4 Å². The SMILES string of the molecule is COC(=O)[C@H](N)Cc1ccc2c(c1)nc(C)n2S(=O)(=O)CC[Si](C)(C)C. The molecule has 2 rings (SSSR count). The van der Waals surface area contributed by atoms with Crippen LogP contribution in [0.15, 0.2) is 18.2 Å². The molecule has 0 fully saturated rings. The Morgan fingerprint density at radius 3 is 2.58 bits per heavy atom. The monoisotopic (exact) mass is 397 g/mol. The molecular weight excluding hydrogens is 370 g/mol. The second-order valence-corrected chi connectivity index (χ2v) is 15.3. The first kappa shape index (κ1) is 20.6. The first-order valence-electron chi connectivity index (χ1n) is 8.49. The van der Waals surface area contributed by atoms with E-state index < -0.39 is 30.1 Å². The van der Waals surface area contributed by atoms with Crippen LogP contribution in [0.3, 0.4) is 0 Å². The molecule has 2 aromatic rings. The standard InChI is InChI=1S/C17H27N3O4SSi/c1-12-19-15-11-13(10-14(18)17(21)24-2)6-7-16(15)20(12)25(22,23)8-9-26(3,4)5/h6-7,11,14H,8-10,18H2,1-5H3/t14-/m1/s1. The molecule has 0 aliphatic carbocycles. The zero-order valence-electron chi connectivity index (χ0n) is 15.9. The summed E-state index contributed by atoms with van der Waals surface area (Å²) in [6.07, 6.45) is 0.302. The number of aryl methyl sites for hydroxylation is 1. The first-order chi connectivity index (χ1) is 11.9. The summed E-state index contributed by atoms with van der Waals surface area (Å²) < 4.78 is 31.6. The molecule has 1 aromatic carbocycles. The zero-order valence-corrected chi connectivity index (χ0v) is 17.8. The van der Waals surface area contributed by atoms with Crippen LogP contribution in [0.5, 0.6) is 0 Å². The van der Waals surface area contributed by atoms with Gasteiger partial charge in [0.25, 0.3) is 0 Å². The highest BCUT2D eigenvalue weighted by Crippen LogP contribution is 2.22. The Morgan fingerprint density at radius 1 is 1.35 bits per heavy atom. The zero-order chi connectivity index (χ0) is 19.7. The van der Waals surface area contributed by atoms with Crippen molar-refractivity contribution in [2.45, 2.75) is 45.1 Å². The summed E-state index contributed by atoms with van der Waals surface area (Å²) in [7, 11) is -3.65. The third-order valence-corrected chi connectivity index (χ3v) is 8.03. The van der Waals surface area contributed by atoms with Gasteiger partial charge in [-0.1, -0.05) is 25.7 Å². The fourth-order valence-electron chi connectivity index (χ4n) is 2.72. The fraction of sp³-hybridized carbons (Fsp3) is 0.529. The van der Waals surface area contributed by atoms with Gasteiger partial charge in [-0.05, 0) is 37.1 Å². The van der Waals surface area contributed by atoms with E-state index in [2.05, 4.69) is 29.4 Å². The summed E-state index contributed by atoms with van der Waals surface area (Å²) in [4.78, 5) is 15.9.